The zero-order valence-electron chi connectivity index (χ0n) is 13.6. The number of aromatic nitrogens is 1. The van der Waals surface area contributed by atoms with Gasteiger partial charge in [0.15, 0.2) is 11.7 Å². The van der Waals surface area contributed by atoms with E-state index in [0.29, 0.717) is 12.3 Å². The first kappa shape index (κ1) is 18.6. The quantitative estimate of drug-likeness (QED) is 0.531. The minimum absolute atomic E-state index is 0.0433. The van der Waals surface area contributed by atoms with Crippen molar-refractivity contribution in [2.24, 2.45) is 0 Å². The molecule has 0 N–H and O–H groups in total. The Hall–Kier alpha value is -1.18. The number of aryl methyl sites for hydroxylation is 2. The van der Waals surface area contributed by atoms with Crippen LogP contribution in [0.3, 0.4) is 0 Å². The van der Waals surface area contributed by atoms with Gasteiger partial charge in [-0.15, -0.1) is 17.9 Å². The van der Waals surface area contributed by atoms with Gasteiger partial charge in [-0.3, -0.25) is 9.69 Å². The van der Waals surface area contributed by atoms with Crippen LogP contribution < -0.4 is 9.64 Å². The third-order valence-electron chi connectivity index (χ3n) is 3.92. The number of rotatable bonds is 6. The van der Waals surface area contributed by atoms with E-state index in [2.05, 4.69) is 43.4 Å². The lowest BCUT2D eigenvalue weighted by molar-refractivity contribution is -0.120. The molecular weight excluding hydrogens is 468 g/mol. The second-order valence-corrected chi connectivity index (χ2v) is 8.56. The van der Waals surface area contributed by atoms with Gasteiger partial charge in [0, 0.05) is 15.9 Å². The molecule has 0 unspecified atom stereocenters. The summed E-state index contributed by atoms with van der Waals surface area (Å²) in [6.07, 6.45) is 6.15. The lowest BCUT2D eigenvalue weighted by atomic mass is 10.0. The zero-order valence-corrected chi connectivity index (χ0v) is 17.6. The van der Waals surface area contributed by atoms with Crippen molar-refractivity contribution in [3.05, 3.63) is 50.4 Å². The number of hydrogen-bond acceptors (Lipinski definition) is 4. The Bertz CT molecular complexity index is 768. The number of amides is 1. The maximum atomic E-state index is 12.7. The summed E-state index contributed by atoms with van der Waals surface area (Å²) in [6.45, 7) is 4.15. The molecule has 0 saturated carbocycles. The summed E-state index contributed by atoms with van der Waals surface area (Å²) in [7, 11) is 0. The van der Waals surface area contributed by atoms with Crippen molar-refractivity contribution in [2.45, 2.75) is 25.7 Å². The highest BCUT2D eigenvalue weighted by atomic mass is 79.9. The third-order valence-corrected chi connectivity index (χ3v) is 6.22. The molecule has 0 bridgehead atoms. The first-order valence-corrected chi connectivity index (χ1v) is 10.5. The highest BCUT2D eigenvalue weighted by Crippen LogP contribution is 2.32. The number of carbonyl (C=O) groups is 1. The highest BCUT2D eigenvalue weighted by molar-refractivity contribution is 9.11. The van der Waals surface area contributed by atoms with Gasteiger partial charge in [-0.25, -0.2) is 4.98 Å². The molecule has 25 heavy (non-hydrogen) atoms. The van der Waals surface area contributed by atoms with Crippen LogP contribution in [0.1, 0.15) is 23.4 Å². The summed E-state index contributed by atoms with van der Waals surface area (Å²) in [5.41, 5.74) is 1.14. The average Bonchev–Trinajstić information content (AvgIpc) is 3.02. The molecule has 1 aliphatic carbocycles. The highest BCUT2D eigenvalue weighted by Gasteiger charge is 2.23. The van der Waals surface area contributed by atoms with Crippen LogP contribution in [0.5, 0.6) is 5.75 Å². The summed E-state index contributed by atoms with van der Waals surface area (Å²) in [5, 5.41) is 0.746. The van der Waals surface area contributed by atoms with Crippen molar-refractivity contribution in [2.75, 3.05) is 18.1 Å². The normalized spacial score (nSPS) is 13.2. The van der Waals surface area contributed by atoms with Crippen molar-refractivity contribution >= 4 is 54.2 Å². The molecule has 1 aromatic heterocycles. The molecule has 0 saturated heterocycles. The number of carbonyl (C=O) groups excluding carboxylic acids is 1. The van der Waals surface area contributed by atoms with Gasteiger partial charge in [-0.05, 0) is 59.8 Å². The van der Waals surface area contributed by atoms with Crippen LogP contribution in [0.2, 0.25) is 0 Å². The summed E-state index contributed by atoms with van der Waals surface area (Å²) in [6, 6.07) is 5.58. The monoisotopic (exact) mass is 484 g/mol. The molecule has 3 rings (SSSR count). The molecule has 1 amide bonds. The first-order valence-electron chi connectivity index (χ1n) is 8.06. The van der Waals surface area contributed by atoms with E-state index in [0.717, 1.165) is 32.6 Å². The van der Waals surface area contributed by atoms with Crippen LogP contribution in [0.25, 0.3) is 0 Å². The fraction of sp³-hybridized carbons (Fsp3) is 0.333. The molecule has 132 valence electrons. The minimum atomic E-state index is -0.124. The van der Waals surface area contributed by atoms with Gasteiger partial charge in [0.25, 0.3) is 5.91 Å². The maximum Gasteiger partial charge on any atom is 0.266 e. The fourth-order valence-electron chi connectivity index (χ4n) is 2.68. The van der Waals surface area contributed by atoms with Crippen LogP contribution in [0.4, 0.5) is 5.13 Å². The molecule has 1 aliphatic rings. The van der Waals surface area contributed by atoms with E-state index in [1.165, 1.54) is 17.7 Å². The summed E-state index contributed by atoms with van der Waals surface area (Å²) >= 11 is 8.46. The summed E-state index contributed by atoms with van der Waals surface area (Å²) in [5.74, 6) is 0.509. The number of fused-ring (bicyclic) bond motifs is 1. The van der Waals surface area contributed by atoms with Crippen LogP contribution in [0, 0.1) is 0 Å². The van der Waals surface area contributed by atoms with E-state index >= 15 is 0 Å². The summed E-state index contributed by atoms with van der Waals surface area (Å²) in [4.78, 5) is 20.3. The Morgan fingerprint density at radius 1 is 1.36 bits per heavy atom. The van der Waals surface area contributed by atoms with E-state index in [1.54, 1.807) is 22.3 Å². The van der Waals surface area contributed by atoms with Gasteiger partial charge in [0.2, 0.25) is 0 Å². The molecule has 1 aromatic carbocycles. The van der Waals surface area contributed by atoms with Crippen molar-refractivity contribution in [3.63, 3.8) is 0 Å². The van der Waals surface area contributed by atoms with Gasteiger partial charge in [-0.2, -0.15) is 0 Å². The Morgan fingerprint density at radius 2 is 2.16 bits per heavy atom. The van der Waals surface area contributed by atoms with E-state index in [1.807, 2.05) is 18.2 Å². The molecule has 0 fully saturated rings. The van der Waals surface area contributed by atoms with Gasteiger partial charge in [0.1, 0.15) is 5.75 Å². The van der Waals surface area contributed by atoms with E-state index in [4.69, 9.17) is 4.74 Å². The third kappa shape index (κ3) is 4.51. The van der Waals surface area contributed by atoms with Gasteiger partial charge in [0.05, 0.1) is 10.2 Å². The molecule has 7 heteroatoms. The Labute approximate surface area is 168 Å². The number of ether oxygens (including phenoxy) is 1. The van der Waals surface area contributed by atoms with Crippen molar-refractivity contribution in [3.8, 4) is 5.75 Å². The predicted octanol–water partition coefficient (Wildman–Crippen LogP) is 5.14. The molecule has 0 radical (unpaired) electrons. The lowest BCUT2D eigenvalue weighted by Crippen LogP contribution is -2.35. The molecule has 1 heterocycles. The second-order valence-electron chi connectivity index (χ2n) is 5.73. The van der Waals surface area contributed by atoms with Gasteiger partial charge >= 0.3 is 0 Å². The van der Waals surface area contributed by atoms with Crippen LogP contribution >= 0.6 is 43.2 Å². The first-order chi connectivity index (χ1) is 12.1. The minimum Gasteiger partial charge on any atom is -0.483 e. The number of anilines is 1. The van der Waals surface area contributed by atoms with Crippen molar-refractivity contribution in [1.82, 2.24) is 4.98 Å². The maximum absolute atomic E-state index is 12.7. The standard InChI is InChI=1S/C18H18Br2N2O2S/c1-2-9-22(18-21-14-5-3-4-6-16(14)25-18)17(23)11-24-15-8-7-12(19)10-13(15)20/h2,7-8,10H,1,3-6,9,11H2. The molecule has 4 nitrogen and oxygen atoms in total. The predicted molar refractivity (Wildman–Crippen MR) is 109 cm³/mol. The van der Waals surface area contributed by atoms with Crippen LogP contribution in [-0.4, -0.2) is 24.0 Å². The second kappa shape index (κ2) is 8.47. The number of hydrogen-bond donors (Lipinski definition) is 0. The molecule has 2 aromatic rings. The lowest BCUT2D eigenvalue weighted by Gasteiger charge is -2.18. The van der Waals surface area contributed by atoms with E-state index in [-0.39, 0.29) is 12.5 Å². The van der Waals surface area contributed by atoms with Gasteiger partial charge < -0.3 is 4.74 Å². The largest absolute Gasteiger partial charge is 0.483 e. The van der Waals surface area contributed by atoms with Crippen molar-refractivity contribution < 1.29 is 9.53 Å². The number of benzene rings is 1. The zero-order chi connectivity index (χ0) is 17.8. The van der Waals surface area contributed by atoms with Crippen LogP contribution in [0.15, 0.2) is 39.8 Å². The Morgan fingerprint density at radius 3 is 2.88 bits per heavy atom. The van der Waals surface area contributed by atoms with Gasteiger partial charge in [-0.1, -0.05) is 22.0 Å². The number of halogens is 2. The molecule has 0 spiro atoms. The SMILES string of the molecule is C=CCN(C(=O)COc1ccc(Br)cc1Br)c1nc2c(s1)CCCC2. The topological polar surface area (TPSA) is 42.4 Å². The van der Waals surface area contributed by atoms with E-state index < -0.39 is 0 Å². The molecular formula is C18H18Br2N2O2S. The number of nitrogens with zero attached hydrogens (tertiary/aromatic N) is 2. The Kier molecular flexibility index (Phi) is 6.30. The van der Waals surface area contributed by atoms with Crippen molar-refractivity contribution in [1.29, 1.82) is 0 Å². The summed E-state index contributed by atoms with van der Waals surface area (Å²) < 4.78 is 7.43. The molecule has 0 atom stereocenters. The smallest absolute Gasteiger partial charge is 0.266 e. The molecule has 0 aliphatic heterocycles. The Balaban J connectivity index is 1.72. The fourth-order valence-corrected chi connectivity index (χ4v) is 5.02. The number of thiazole rings is 1. The average molecular weight is 486 g/mol. The van der Waals surface area contributed by atoms with E-state index in [9.17, 15) is 4.79 Å². The van der Waals surface area contributed by atoms with Crippen LogP contribution in [-0.2, 0) is 17.6 Å².